The molecular formula is C18H21N. The Kier molecular flexibility index (Phi) is 4.53. The molecule has 0 fully saturated rings. The molecule has 0 saturated carbocycles. The van der Waals surface area contributed by atoms with Crippen LogP contribution in [0.2, 0.25) is 0 Å². The average Bonchev–Trinajstić information content (AvgIpc) is 2.42. The van der Waals surface area contributed by atoms with Gasteiger partial charge >= 0.3 is 0 Å². The first-order valence-electron chi connectivity index (χ1n) is 6.66. The molecule has 2 aromatic carbocycles. The summed E-state index contributed by atoms with van der Waals surface area (Å²) in [6.45, 7) is 9.01. The van der Waals surface area contributed by atoms with Crippen LogP contribution in [0.3, 0.4) is 0 Å². The van der Waals surface area contributed by atoms with E-state index in [0.717, 1.165) is 12.1 Å². The molecule has 0 heterocycles. The average molecular weight is 251 g/mol. The first kappa shape index (κ1) is 13.6. The van der Waals surface area contributed by atoms with E-state index in [1.807, 2.05) is 6.92 Å². The first-order valence-corrected chi connectivity index (χ1v) is 6.66. The summed E-state index contributed by atoms with van der Waals surface area (Å²) < 4.78 is 0. The van der Waals surface area contributed by atoms with Crippen molar-refractivity contribution in [1.29, 1.82) is 0 Å². The smallest absolute Gasteiger partial charge is 0.0581 e. The summed E-state index contributed by atoms with van der Waals surface area (Å²) in [4.78, 5) is 0. The van der Waals surface area contributed by atoms with Crippen LogP contribution in [0.15, 0.2) is 66.7 Å². The molecule has 19 heavy (non-hydrogen) atoms. The van der Waals surface area contributed by atoms with Crippen LogP contribution in [0.1, 0.15) is 29.7 Å². The molecule has 0 amide bonds. The monoisotopic (exact) mass is 251 g/mol. The number of hydrogen-bond acceptors (Lipinski definition) is 1. The summed E-state index contributed by atoms with van der Waals surface area (Å²) in [5.74, 6) is 0. The Morgan fingerprint density at radius 2 is 1.68 bits per heavy atom. The maximum Gasteiger partial charge on any atom is 0.0581 e. The highest BCUT2D eigenvalue weighted by molar-refractivity contribution is 5.36. The van der Waals surface area contributed by atoms with Crippen molar-refractivity contribution in [3.8, 4) is 0 Å². The van der Waals surface area contributed by atoms with Gasteiger partial charge in [0.1, 0.15) is 0 Å². The molecule has 1 atom stereocenters. The second-order valence-electron chi connectivity index (χ2n) is 5.04. The number of rotatable bonds is 5. The van der Waals surface area contributed by atoms with Gasteiger partial charge in [0.2, 0.25) is 0 Å². The molecule has 2 aromatic rings. The zero-order valence-corrected chi connectivity index (χ0v) is 11.7. The van der Waals surface area contributed by atoms with Crippen molar-refractivity contribution in [2.75, 3.05) is 6.54 Å². The highest BCUT2D eigenvalue weighted by Gasteiger charge is 2.14. The van der Waals surface area contributed by atoms with E-state index in [1.54, 1.807) is 0 Å². The van der Waals surface area contributed by atoms with E-state index >= 15 is 0 Å². The number of hydrogen-bond donors (Lipinski definition) is 1. The summed E-state index contributed by atoms with van der Waals surface area (Å²) in [6, 6.07) is 19.3. The van der Waals surface area contributed by atoms with Crippen molar-refractivity contribution in [1.82, 2.24) is 5.32 Å². The van der Waals surface area contributed by atoms with Crippen LogP contribution in [-0.2, 0) is 0 Å². The van der Waals surface area contributed by atoms with Crippen molar-refractivity contribution in [2.45, 2.75) is 19.9 Å². The summed E-state index contributed by atoms with van der Waals surface area (Å²) >= 11 is 0. The van der Waals surface area contributed by atoms with Gasteiger partial charge in [-0.05, 0) is 30.5 Å². The van der Waals surface area contributed by atoms with Crippen LogP contribution in [0.5, 0.6) is 0 Å². The molecule has 0 bridgehead atoms. The molecular weight excluding hydrogens is 230 g/mol. The van der Waals surface area contributed by atoms with Crippen molar-refractivity contribution in [3.63, 3.8) is 0 Å². The van der Waals surface area contributed by atoms with Gasteiger partial charge in [0.25, 0.3) is 0 Å². The number of nitrogens with one attached hydrogen (secondary N) is 1. The fourth-order valence-electron chi connectivity index (χ4n) is 2.24. The molecule has 1 nitrogen and oxygen atoms in total. The van der Waals surface area contributed by atoms with Crippen molar-refractivity contribution >= 4 is 0 Å². The third kappa shape index (κ3) is 3.55. The SMILES string of the molecule is C=C(C)CNC(c1ccccc1)c1ccccc1C. The fraction of sp³-hybridized carbons (Fsp3) is 0.222. The van der Waals surface area contributed by atoms with Crippen LogP contribution >= 0.6 is 0 Å². The quantitative estimate of drug-likeness (QED) is 0.783. The third-order valence-corrected chi connectivity index (χ3v) is 3.24. The minimum absolute atomic E-state index is 0.221. The Bertz CT molecular complexity index is 543. The standard InChI is InChI=1S/C18H21N/c1-14(2)13-19-18(16-10-5-4-6-11-16)17-12-8-7-9-15(17)3/h4-12,18-19H,1,13H2,2-3H3. The van der Waals surface area contributed by atoms with Crippen molar-refractivity contribution in [3.05, 3.63) is 83.4 Å². The van der Waals surface area contributed by atoms with E-state index in [9.17, 15) is 0 Å². The molecule has 0 saturated heterocycles. The highest BCUT2D eigenvalue weighted by atomic mass is 14.9. The lowest BCUT2D eigenvalue weighted by Crippen LogP contribution is -2.24. The Balaban J connectivity index is 2.35. The highest BCUT2D eigenvalue weighted by Crippen LogP contribution is 2.24. The second kappa shape index (κ2) is 6.35. The summed E-state index contributed by atoms with van der Waals surface area (Å²) in [5, 5.41) is 3.59. The van der Waals surface area contributed by atoms with E-state index in [2.05, 4.69) is 73.4 Å². The summed E-state index contributed by atoms with van der Waals surface area (Å²) in [5.41, 5.74) is 5.08. The van der Waals surface area contributed by atoms with E-state index in [4.69, 9.17) is 0 Å². The van der Waals surface area contributed by atoms with Gasteiger partial charge in [-0.25, -0.2) is 0 Å². The zero-order valence-electron chi connectivity index (χ0n) is 11.7. The van der Waals surface area contributed by atoms with E-state index in [-0.39, 0.29) is 6.04 Å². The van der Waals surface area contributed by atoms with Gasteiger partial charge in [0.15, 0.2) is 0 Å². The van der Waals surface area contributed by atoms with Gasteiger partial charge in [0, 0.05) is 6.54 Å². The summed E-state index contributed by atoms with van der Waals surface area (Å²) in [6.07, 6.45) is 0. The Morgan fingerprint density at radius 3 is 2.32 bits per heavy atom. The van der Waals surface area contributed by atoms with Crippen molar-refractivity contribution < 1.29 is 0 Å². The van der Waals surface area contributed by atoms with Crippen LogP contribution in [0.25, 0.3) is 0 Å². The lowest BCUT2D eigenvalue weighted by molar-refractivity contribution is 0.638. The van der Waals surface area contributed by atoms with Gasteiger partial charge in [0.05, 0.1) is 6.04 Å². The first-order chi connectivity index (χ1) is 9.18. The second-order valence-corrected chi connectivity index (χ2v) is 5.04. The largest absolute Gasteiger partial charge is 0.302 e. The maximum atomic E-state index is 3.97. The van der Waals surface area contributed by atoms with Crippen LogP contribution < -0.4 is 5.32 Å². The molecule has 1 N–H and O–H groups in total. The number of benzene rings is 2. The lowest BCUT2D eigenvalue weighted by atomic mass is 9.95. The van der Waals surface area contributed by atoms with E-state index < -0.39 is 0 Å². The minimum Gasteiger partial charge on any atom is -0.302 e. The molecule has 2 rings (SSSR count). The van der Waals surface area contributed by atoms with E-state index in [1.165, 1.54) is 16.7 Å². The Labute approximate surface area is 116 Å². The fourth-order valence-corrected chi connectivity index (χ4v) is 2.24. The Morgan fingerprint density at radius 1 is 1.05 bits per heavy atom. The molecule has 0 aliphatic heterocycles. The molecule has 0 aromatic heterocycles. The normalized spacial score (nSPS) is 12.1. The van der Waals surface area contributed by atoms with Crippen LogP contribution in [0, 0.1) is 6.92 Å². The molecule has 1 heteroatoms. The van der Waals surface area contributed by atoms with Gasteiger partial charge in [-0.3, -0.25) is 0 Å². The van der Waals surface area contributed by atoms with Gasteiger partial charge in [-0.1, -0.05) is 66.7 Å². The lowest BCUT2D eigenvalue weighted by Gasteiger charge is -2.21. The van der Waals surface area contributed by atoms with Crippen molar-refractivity contribution in [2.24, 2.45) is 0 Å². The predicted octanol–water partition coefficient (Wildman–Crippen LogP) is 4.25. The van der Waals surface area contributed by atoms with Gasteiger partial charge < -0.3 is 5.32 Å². The molecule has 98 valence electrons. The maximum absolute atomic E-state index is 3.97. The minimum atomic E-state index is 0.221. The molecule has 1 unspecified atom stereocenters. The topological polar surface area (TPSA) is 12.0 Å². The predicted molar refractivity (Wildman–Crippen MR) is 82.3 cm³/mol. The zero-order chi connectivity index (χ0) is 13.7. The summed E-state index contributed by atoms with van der Waals surface area (Å²) in [7, 11) is 0. The van der Waals surface area contributed by atoms with Gasteiger partial charge in [-0.2, -0.15) is 0 Å². The third-order valence-electron chi connectivity index (χ3n) is 3.24. The molecule has 0 aliphatic rings. The van der Waals surface area contributed by atoms with Crippen LogP contribution in [-0.4, -0.2) is 6.54 Å². The molecule has 0 radical (unpaired) electrons. The van der Waals surface area contributed by atoms with E-state index in [0.29, 0.717) is 0 Å². The van der Waals surface area contributed by atoms with Crippen LogP contribution in [0.4, 0.5) is 0 Å². The van der Waals surface area contributed by atoms with Gasteiger partial charge in [-0.15, -0.1) is 0 Å². The number of aryl methyl sites for hydroxylation is 1. The Hall–Kier alpha value is -1.86. The molecule has 0 spiro atoms. The molecule has 0 aliphatic carbocycles.